The fourth-order valence-corrected chi connectivity index (χ4v) is 8.05. The van der Waals surface area contributed by atoms with Gasteiger partial charge in [-0.3, -0.25) is 9.59 Å². The van der Waals surface area contributed by atoms with Gasteiger partial charge in [0.05, 0.1) is 0 Å². The van der Waals surface area contributed by atoms with E-state index in [1.807, 2.05) is 31.2 Å². The summed E-state index contributed by atoms with van der Waals surface area (Å²) in [5, 5.41) is -0.0870. The Labute approximate surface area is 202 Å². The lowest BCUT2D eigenvalue weighted by Crippen LogP contribution is -1.99. The average molecular weight is 489 g/mol. The molecule has 0 atom stereocenters. The van der Waals surface area contributed by atoms with Gasteiger partial charge in [0.15, 0.2) is 0 Å². The van der Waals surface area contributed by atoms with Crippen molar-refractivity contribution in [2.45, 2.75) is 23.6 Å². The predicted molar refractivity (Wildman–Crippen MR) is 138 cm³/mol. The maximum Gasteiger partial charge on any atom is 0.225 e. The van der Waals surface area contributed by atoms with E-state index in [1.165, 1.54) is 43.0 Å². The summed E-state index contributed by atoms with van der Waals surface area (Å²) in [6, 6.07) is 20.8. The highest BCUT2D eigenvalue weighted by Gasteiger charge is 2.36. The van der Waals surface area contributed by atoms with Crippen LogP contribution in [0.5, 0.6) is 0 Å². The average Bonchev–Trinajstić information content (AvgIpc) is 3.52. The third-order valence-electron chi connectivity index (χ3n) is 5.59. The molecule has 2 aliphatic heterocycles. The first-order valence-corrected chi connectivity index (χ1v) is 13.4. The van der Waals surface area contributed by atoms with E-state index >= 15 is 0 Å². The van der Waals surface area contributed by atoms with Crippen LogP contribution in [0.25, 0.3) is 31.3 Å². The molecule has 2 aliphatic rings. The molecular formula is C26H16O2S4. The quantitative estimate of drug-likeness (QED) is 0.268. The topological polar surface area (TPSA) is 34.1 Å². The molecule has 32 heavy (non-hydrogen) atoms. The van der Waals surface area contributed by atoms with Crippen molar-refractivity contribution in [1.82, 2.24) is 0 Å². The van der Waals surface area contributed by atoms with Crippen LogP contribution < -0.4 is 0 Å². The molecule has 0 unspecified atom stereocenters. The highest BCUT2D eigenvalue weighted by Crippen LogP contribution is 2.51. The molecule has 0 saturated heterocycles. The summed E-state index contributed by atoms with van der Waals surface area (Å²) in [6.07, 6.45) is 0. The molecule has 2 aromatic carbocycles. The van der Waals surface area contributed by atoms with Gasteiger partial charge in [-0.25, -0.2) is 0 Å². The van der Waals surface area contributed by atoms with Gasteiger partial charge in [-0.05, 0) is 84.9 Å². The molecule has 4 heterocycles. The van der Waals surface area contributed by atoms with E-state index in [2.05, 4.69) is 43.3 Å². The molecule has 156 valence electrons. The summed E-state index contributed by atoms with van der Waals surface area (Å²) < 4.78 is 0. The zero-order valence-electron chi connectivity index (χ0n) is 17.2. The van der Waals surface area contributed by atoms with Crippen LogP contribution in [0.3, 0.4) is 0 Å². The molecule has 0 N–H and O–H groups in total. The second-order valence-corrected chi connectivity index (χ2v) is 12.2. The monoisotopic (exact) mass is 488 g/mol. The Morgan fingerprint density at radius 2 is 1.19 bits per heavy atom. The van der Waals surface area contributed by atoms with Crippen LogP contribution in [-0.2, 0) is 9.59 Å². The zero-order valence-corrected chi connectivity index (χ0v) is 20.5. The number of rotatable bonds is 2. The van der Waals surface area contributed by atoms with Crippen LogP contribution in [0.2, 0.25) is 0 Å². The largest absolute Gasteiger partial charge is 0.281 e. The van der Waals surface area contributed by atoms with E-state index < -0.39 is 0 Å². The van der Waals surface area contributed by atoms with Crippen molar-refractivity contribution in [3.8, 4) is 20.2 Å². The van der Waals surface area contributed by atoms with Crippen LogP contribution in [-0.4, -0.2) is 10.2 Å². The third-order valence-corrected chi connectivity index (χ3v) is 9.82. The van der Waals surface area contributed by atoms with Crippen LogP contribution in [0.15, 0.2) is 70.5 Å². The minimum Gasteiger partial charge on any atom is -0.281 e. The molecule has 0 bridgehead atoms. The first-order chi connectivity index (χ1) is 15.5. The summed E-state index contributed by atoms with van der Waals surface area (Å²) in [6.45, 7) is 4.14. The summed E-state index contributed by atoms with van der Waals surface area (Å²) in [5.74, 6) is 0. The van der Waals surface area contributed by atoms with Crippen molar-refractivity contribution in [1.29, 1.82) is 0 Å². The highest BCUT2D eigenvalue weighted by atomic mass is 32.2. The van der Waals surface area contributed by atoms with Gasteiger partial charge in [-0.15, -0.1) is 22.7 Å². The fraction of sp³-hybridized carbons (Fsp3) is 0.0769. The van der Waals surface area contributed by atoms with E-state index in [0.717, 1.165) is 32.0 Å². The second-order valence-electron chi connectivity index (χ2n) is 7.81. The van der Waals surface area contributed by atoms with Crippen LogP contribution in [0.1, 0.15) is 21.6 Å². The number of aryl methyl sites for hydroxylation is 2. The Kier molecular flexibility index (Phi) is 4.80. The van der Waals surface area contributed by atoms with E-state index in [9.17, 15) is 9.59 Å². The summed E-state index contributed by atoms with van der Waals surface area (Å²) in [4.78, 5) is 32.8. The molecule has 6 heteroatoms. The highest BCUT2D eigenvalue weighted by molar-refractivity contribution is 8.16. The van der Waals surface area contributed by atoms with E-state index in [4.69, 9.17) is 0 Å². The molecular weight excluding hydrogens is 473 g/mol. The van der Waals surface area contributed by atoms with Gasteiger partial charge in [0.1, 0.15) is 0 Å². The molecule has 0 amide bonds. The van der Waals surface area contributed by atoms with E-state index in [-0.39, 0.29) is 10.2 Å². The minimum absolute atomic E-state index is 0.0411. The normalized spacial score (nSPS) is 17.2. The lowest BCUT2D eigenvalue weighted by molar-refractivity contribution is -0.107. The van der Waals surface area contributed by atoms with Crippen molar-refractivity contribution in [2.75, 3.05) is 0 Å². The fourth-order valence-electron chi connectivity index (χ4n) is 4.07. The van der Waals surface area contributed by atoms with Crippen LogP contribution in [0.4, 0.5) is 0 Å². The van der Waals surface area contributed by atoms with Crippen molar-refractivity contribution in [3.05, 3.63) is 82.2 Å². The van der Waals surface area contributed by atoms with Gasteiger partial charge < -0.3 is 0 Å². The van der Waals surface area contributed by atoms with Crippen molar-refractivity contribution in [3.63, 3.8) is 0 Å². The van der Waals surface area contributed by atoms with Gasteiger partial charge in [-0.2, -0.15) is 0 Å². The van der Waals surface area contributed by atoms with Gasteiger partial charge in [0.25, 0.3) is 0 Å². The van der Waals surface area contributed by atoms with Gasteiger partial charge in [0, 0.05) is 51.6 Å². The number of thiophene rings is 2. The molecule has 0 fully saturated rings. The van der Waals surface area contributed by atoms with Crippen LogP contribution >= 0.6 is 46.2 Å². The summed E-state index contributed by atoms with van der Waals surface area (Å²) in [5.41, 5.74) is 5.06. The molecule has 0 saturated carbocycles. The summed E-state index contributed by atoms with van der Waals surface area (Å²) in [7, 11) is 0. The minimum atomic E-state index is -0.0459. The predicted octanol–water partition coefficient (Wildman–Crippen LogP) is 7.94. The van der Waals surface area contributed by atoms with Gasteiger partial charge >= 0.3 is 0 Å². The Morgan fingerprint density at radius 1 is 0.594 bits per heavy atom. The van der Waals surface area contributed by atoms with Gasteiger partial charge in [-0.1, -0.05) is 24.3 Å². The summed E-state index contributed by atoms with van der Waals surface area (Å²) >= 11 is 6.02. The lowest BCUT2D eigenvalue weighted by Gasteiger charge is -2.06. The van der Waals surface area contributed by atoms with Crippen molar-refractivity contribution < 1.29 is 9.59 Å². The number of benzene rings is 2. The van der Waals surface area contributed by atoms with Crippen molar-refractivity contribution in [2.24, 2.45) is 0 Å². The molecule has 2 aromatic heterocycles. The molecule has 0 spiro atoms. The maximum atomic E-state index is 13.0. The molecule has 6 rings (SSSR count). The van der Waals surface area contributed by atoms with E-state index in [0.29, 0.717) is 11.1 Å². The standard InChI is InChI=1S/C26H16O2S4/c1-13-3-6-16-21(11-13)31-25(27)23(16)24-17-7-5-15(12-22(17)32-26(24)28)18-9-10-20(30-18)19-8-4-14(2)29-19/h3-12H,1-2H3/b24-23+. The Balaban J connectivity index is 1.42. The molecule has 2 nitrogen and oxygen atoms in total. The third kappa shape index (κ3) is 3.25. The number of hydrogen-bond donors (Lipinski definition) is 0. The first-order valence-electron chi connectivity index (χ1n) is 10.1. The number of carbonyl (C=O) groups is 2. The Morgan fingerprint density at radius 3 is 1.88 bits per heavy atom. The SMILES string of the molecule is Cc1ccc2c(c1)SC(=O)/C2=C1/C(=O)Sc2cc(-c3ccc(-c4ccc(C)s4)s3)ccc21. The molecule has 4 aromatic rings. The van der Waals surface area contributed by atoms with Crippen LogP contribution in [0, 0.1) is 13.8 Å². The van der Waals surface area contributed by atoms with Gasteiger partial charge in [0.2, 0.25) is 10.2 Å². The number of thioether (sulfide) groups is 2. The lowest BCUT2D eigenvalue weighted by atomic mass is 9.95. The Hall–Kier alpha value is -2.38. The van der Waals surface area contributed by atoms with Crippen molar-refractivity contribution >= 4 is 67.6 Å². The number of carbonyl (C=O) groups excluding carboxylic acids is 2. The smallest absolute Gasteiger partial charge is 0.225 e. The molecule has 0 aliphatic carbocycles. The zero-order chi connectivity index (χ0) is 22.0. The second kappa shape index (κ2) is 7.59. The number of hydrogen-bond acceptors (Lipinski definition) is 6. The number of fused-ring (bicyclic) bond motifs is 2. The molecule has 0 radical (unpaired) electrons. The Bertz CT molecular complexity index is 1490. The van der Waals surface area contributed by atoms with E-state index in [1.54, 1.807) is 22.7 Å². The maximum absolute atomic E-state index is 13.0. The first kappa shape index (κ1) is 20.2.